The maximum atomic E-state index is 12.9. The third-order valence-electron chi connectivity index (χ3n) is 5.53. The smallest absolute Gasteiger partial charge is 0.326 e. The lowest BCUT2D eigenvalue weighted by Crippen LogP contribution is -2.42. The first kappa shape index (κ1) is 19.0. The van der Waals surface area contributed by atoms with Crippen LogP contribution in [-0.4, -0.2) is 54.9 Å². The molecule has 2 aliphatic heterocycles. The summed E-state index contributed by atoms with van der Waals surface area (Å²) >= 11 is 0. The van der Waals surface area contributed by atoms with Crippen LogP contribution >= 0.6 is 0 Å². The third kappa shape index (κ3) is 3.21. The van der Waals surface area contributed by atoms with E-state index in [0.717, 1.165) is 0 Å². The molecule has 2 atom stereocenters. The molecule has 28 heavy (non-hydrogen) atoms. The van der Waals surface area contributed by atoms with Crippen molar-refractivity contribution < 1.29 is 23.4 Å². The van der Waals surface area contributed by atoms with Gasteiger partial charge in [-0.05, 0) is 31.4 Å². The van der Waals surface area contributed by atoms with Crippen LogP contribution in [0.25, 0.3) is 0 Å². The Morgan fingerprint density at radius 2 is 2.04 bits per heavy atom. The molecule has 1 aromatic heterocycles. The van der Waals surface area contributed by atoms with E-state index in [-0.39, 0.29) is 10.8 Å². The number of nitrogens with zero attached hydrogens (tertiary/aromatic N) is 4. The molecule has 3 heterocycles. The van der Waals surface area contributed by atoms with Crippen molar-refractivity contribution in [3.05, 3.63) is 35.9 Å². The van der Waals surface area contributed by atoms with Gasteiger partial charge < -0.3 is 19.0 Å². The maximum Gasteiger partial charge on any atom is 0.326 e. The van der Waals surface area contributed by atoms with Gasteiger partial charge in [0, 0.05) is 31.5 Å². The average molecular weight is 406 g/mol. The molecule has 2 aromatic rings. The van der Waals surface area contributed by atoms with Gasteiger partial charge in [0.15, 0.2) is 15.3 Å². The van der Waals surface area contributed by atoms with E-state index in [2.05, 4.69) is 10.2 Å². The van der Waals surface area contributed by atoms with E-state index in [4.69, 9.17) is 4.74 Å². The number of rotatable bonds is 5. The Morgan fingerprint density at radius 1 is 1.29 bits per heavy atom. The maximum absolute atomic E-state index is 12.9. The Morgan fingerprint density at radius 3 is 2.71 bits per heavy atom. The lowest BCUT2D eigenvalue weighted by atomic mass is 9.97. The average Bonchev–Trinajstić information content (AvgIpc) is 3.30. The predicted octanol–water partition coefficient (Wildman–Crippen LogP) is 1.64. The zero-order valence-electron chi connectivity index (χ0n) is 15.5. The van der Waals surface area contributed by atoms with Crippen molar-refractivity contribution in [3.8, 4) is 5.75 Å². The van der Waals surface area contributed by atoms with Crippen LogP contribution in [0.15, 0.2) is 29.2 Å². The summed E-state index contributed by atoms with van der Waals surface area (Å²) in [5.41, 5.74) is 0. The first-order chi connectivity index (χ1) is 13.4. The number of fused-ring (bicyclic) bond motifs is 1. The topological polar surface area (TPSA) is 121 Å². The minimum Gasteiger partial charge on any atom is -0.593 e. The van der Waals surface area contributed by atoms with Crippen LogP contribution in [0.1, 0.15) is 42.9 Å². The molecule has 0 amide bonds. The Balaban J connectivity index is 1.50. The SMILES string of the molecule is COc1cccc([S+](=O)([O-])N2CCC(c3nnc4n3C(C(=O)O)CC4)CC2)c1. The van der Waals surface area contributed by atoms with E-state index in [9.17, 15) is 18.7 Å². The number of sulfonamides is 1. The van der Waals surface area contributed by atoms with Crippen LogP contribution in [-0.2, 0) is 25.8 Å². The Hall–Kier alpha value is -2.30. The van der Waals surface area contributed by atoms with Crippen LogP contribution in [0.2, 0.25) is 0 Å². The zero-order chi connectivity index (χ0) is 19.9. The lowest BCUT2D eigenvalue weighted by molar-refractivity contribution is -0.140. The molecule has 1 fully saturated rings. The van der Waals surface area contributed by atoms with E-state index in [1.54, 1.807) is 22.8 Å². The molecule has 4 rings (SSSR count). The van der Waals surface area contributed by atoms with Crippen molar-refractivity contribution >= 4 is 16.4 Å². The van der Waals surface area contributed by atoms with Gasteiger partial charge in [-0.2, -0.15) is 0 Å². The van der Waals surface area contributed by atoms with Crippen molar-refractivity contribution in [1.29, 1.82) is 0 Å². The number of benzene rings is 1. The number of carboxylic acids is 1. The predicted molar refractivity (Wildman–Crippen MR) is 98.7 cm³/mol. The summed E-state index contributed by atoms with van der Waals surface area (Å²) in [4.78, 5) is 11.7. The fraction of sp³-hybridized carbons (Fsp3) is 0.500. The summed E-state index contributed by atoms with van der Waals surface area (Å²) in [6, 6.07) is 5.82. The van der Waals surface area contributed by atoms with E-state index in [1.807, 2.05) is 0 Å². The largest absolute Gasteiger partial charge is 0.593 e. The molecule has 1 saturated heterocycles. The van der Waals surface area contributed by atoms with Crippen LogP contribution in [0.4, 0.5) is 0 Å². The van der Waals surface area contributed by atoms with Crippen molar-refractivity contribution in [2.45, 2.75) is 42.5 Å². The van der Waals surface area contributed by atoms with Crippen LogP contribution in [0, 0.1) is 0 Å². The number of aryl methyl sites for hydroxylation is 1. The number of methoxy groups -OCH3 is 1. The van der Waals surface area contributed by atoms with E-state index < -0.39 is 22.4 Å². The molecule has 9 nitrogen and oxygen atoms in total. The Kier molecular flexibility index (Phi) is 4.94. The molecule has 10 heteroatoms. The van der Waals surface area contributed by atoms with Crippen molar-refractivity contribution in [1.82, 2.24) is 19.1 Å². The fourth-order valence-electron chi connectivity index (χ4n) is 4.02. The zero-order valence-corrected chi connectivity index (χ0v) is 16.3. The molecule has 2 unspecified atom stereocenters. The van der Waals surface area contributed by atoms with Gasteiger partial charge in [-0.1, -0.05) is 10.3 Å². The lowest BCUT2D eigenvalue weighted by Gasteiger charge is -2.33. The summed E-state index contributed by atoms with van der Waals surface area (Å²) in [7, 11) is -2.11. The first-order valence-electron chi connectivity index (χ1n) is 9.22. The molecular weight excluding hydrogens is 384 g/mol. The van der Waals surface area contributed by atoms with Gasteiger partial charge >= 0.3 is 5.97 Å². The van der Waals surface area contributed by atoms with Crippen molar-refractivity contribution in [2.75, 3.05) is 20.2 Å². The molecule has 1 aromatic carbocycles. The van der Waals surface area contributed by atoms with Gasteiger partial charge in [-0.3, -0.25) is 0 Å². The number of piperidine rings is 1. The highest BCUT2D eigenvalue weighted by Crippen LogP contribution is 2.36. The van der Waals surface area contributed by atoms with Gasteiger partial charge in [0.2, 0.25) is 0 Å². The van der Waals surface area contributed by atoms with Crippen LogP contribution in [0.5, 0.6) is 5.75 Å². The quantitative estimate of drug-likeness (QED) is 0.749. The second kappa shape index (κ2) is 7.26. The number of carbonyl (C=O) groups is 1. The summed E-state index contributed by atoms with van der Waals surface area (Å²) in [6.07, 6.45) is 2.28. The van der Waals surface area contributed by atoms with Gasteiger partial charge in [0.1, 0.15) is 23.4 Å². The van der Waals surface area contributed by atoms with E-state index in [0.29, 0.717) is 56.2 Å². The van der Waals surface area contributed by atoms with Crippen molar-refractivity contribution in [3.63, 3.8) is 0 Å². The molecule has 0 spiro atoms. The summed E-state index contributed by atoms with van der Waals surface area (Å²) < 4.78 is 34.2. The molecule has 150 valence electrons. The minimum absolute atomic E-state index is 0.00189. The number of aliphatic carboxylic acids is 1. The van der Waals surface area contributed by atoms with Crippen molar-refractivity contribution in [2.24, 2.45) is 0 Å². The van der Waals surface area contributed by atoms with Gasteiger partial charge in [0.05, 0.1) is 7.11 Å². The normalized spacial score (nSPS) is 22.6. The highest BCUT2D eigenvalue weighted by atomic mass is 32.3. The molecule has 1 N–H and O–H groups in total. The Labute approximate surface area is 163 Å². The third-order valence-corrected chi connectivity index (χ3v) is 7.42. The van der Waals surface area contributed by atoms with E-state index >= 15 is 0 Å². The minimum atomic E-state index is -3.61. The molecular formula is C18H22N4O5S. The van der Waals surface area contributed by atoms with Gasteiger partial charge in [-0.25, -0.2) is 4.79 Å². The summed E-state index contributed by atoms with van der Waals surface area (Å²) in [6.45, 7) is 0.703. The Bertz CT molecular complexity index is 938. The number of carboxylic acid groups (broad SMARTS) is 1. The molecule has 0 aliphatic carbocycles. The second-order valence-electron chi connectivity index (χ2n) is 7.09. The fourth-order valence-corrected chi connectivity index (χ4v) is 5.53. The first-order valence-corrected chi connectivity index (χ1v) is 10.7. The number of aromatic nitrogens is 3. The van der Waals surface area contributed by atoms with Crippen LogP contribution in [0.3, 0.4) is 0 Å². The molecule has 0 saturated carbocycles. The van der Waals surface area contributed by atoms with Gasteiger partial charge in [0.25, 0.3) is 0 Å². The molecule has 2 aliphatic rings. The standard InChI is InChI=1S/C18H22N4O5S/c1-27-13-3-2-4-14(11-13)28(25,26)21-9-7-12(8-10-21)17-20-19-16-6-5-15(18(23)24)22(16)17/h2-4,11-12,15H,5-10H2,1H3,(H-,23,24,25,26). The van der Waals surface area contributed by atoms with Crippen LogP contribution < -0.4 is 4.74 Å². The van der Waals surface area contributed by atoms with E-state index in [1.165, 1.54) is 17.5 Å². The second-order valence-corrected chi connectivity index (χ2v) is 9.03. The number of ether oxygens (including phenoxy) is 1. The number of hydrogen-bond acceptors (Lipinski definition) is 6. The molecule has 0 radical (unpaired) electrons. The number of hydrogen-bond donors (Lipinski definition) is 1. The van der Waals surface area contributed by atoms with Gasteiger partial charge in [-0.15, -0.1) is 14.5 Å². The monoisotopic (exact) mass is 406 g/mol. The highest BCUT2D eigenvalue weighted by molar-refractivity contribution is 7.95. The highest BCUT2D eigenvalue weighted by Gasteiger charge is 2.39. The molecule has 0 bridgehead atoms. The summed E-state index contributed by atoms with van der Waals surface area (Å²) in [5.74, 6) is 0.984. The summed E-state index contributed by atoms with van der Waals surface area (Å²) in [5, 5.41) is 17.8.